The molecule has 0 aliphatic heterocycles. The number of fused-ring (bicyclic) bond motifs is 6. The van der Waals surface area contributed by atoms with Crippen molar-refractivity contribution in [2.24, 2.45) is 0 Å². The Bertz CT molecular complexity index is 1650. The molecule has 0 aliphatic rings. The normalized spacial score (nSPS) is 11.3. The zero-order valence-electron chi connectivity index (χ0n) is 19.8. The van der Waals surface area contributed by atoms with Gasteiger partial charge in [-0.1, -0.05) is 72.8 Å². The number of carbonyl (C=O) groups is 2. The number of esters is 2. The molecule has 3 aromatic carbocycles. The summed E-state index contributed by atoms with van der Waals surface area (Å²) in [5.41, 5.74) is 7.25. The zero-order chi connectivity index (χ0) is 24.8. The summed E-state index contributed by atoms with van der Waals surface area (Å²) in [6, 6.07) is 31.2. The Balaban J connectivity index is 1.86. The Kier molecular flexibility index (Phi) is 5.08. The standard InChI is InChI=1S/C30H22N2O4/c1-35-29(33)27-21(19-11-5-3-6-12-19)17-25-26-18-22(20-13-7-4-8-14-20)28(30(34)36-2)32(26)24-16-10-9-15-23(24)31(25)27/h3-18H,1-2H3. The minimum Gasteiger partial charge on any atom is -0.464 e. The molecule has 0 radical (unpaired) electrons. The summed E-state index contributed by atoms with van der Waals surface area (Å²) in [6.45, 7) is 0. The van der Waals surface area contributed by atoms with Crippen molar-refractivity contribution in [3.05, 3.63) is 108 Å². The van der Waals surface area contributed by atoms with E-state index in [2.05, 4.69) is 0 Å². The third-order valence-corrected chi connectivity index (χ3v) is 6.55. The van der Waals surface area contributed by atoms with Crippen molar-refractivity contribution in [3.8, 4) is 22.3 Å². The third kappa shape index (κ3) is 3.11. The fourth-order valence-corrected chi connectivity index (χ4v) is 5.01. The highest BCUT2D eigenvalue weighted by Crippen LogP contribution is 2.38. The van der Waals surface area contributed by atoms with Crippen LogP contribution in [0, 0.1) is 0 Å². The van der Waals surface area contributed by atoms with Gasteiger partial charge in [0.15, 0.2) is 0 Å². The quantitative estimate of drug-likeness (QED) is 0.283. The van der Waals surface area contributed by atoms with Crippen LogP contribution in [0.25, 0.3) is 44.3 Å². The molecule has 0 saturated carbocycles. The number of ether oxygens (including phenoxy) is 2. The third-order valence-electron chi connectivity index (χ3n) is 6.55. The summed E-state index contributed by atoms with van der Waals surface area (Å²) in [6.07, 6.45) is 0. The first-order valence-electron chi connectivity index (χ1n) is 11.5. The van der Waals surface area contributed by atoms with Crippen molar-refractivity contribution in [1.82, 2.24) is 8.80 Å². The SMILES string of the molecule is COC(=O)c1c(-c2ccccc2)cc2c3cc(-c4ccccc4)c(C(=O)OC)n3c3ccccc3n12. The van der Waals surface area contributed by atoms with E-state index in [-0.39, 0.29) is 0 Å². The van der Waals surface area contributed by atoms with Crippen LogP contribution < -0.4 is 0 Å². The van der Waals surface area contributed by atoms with Crippen LogP contribution >= 0.6 is 0 Å². The van der Waals surface area contributed by atoms with Crippen LogP contribution in [0.3, 0.4) is 0 Å². The van der Waals surface area contributed by atoms with Gasteiger partial charge in [0.05, 0.1) is 36.3 Å². The Labute approximate surface area is 206 Å². The number of benzene rings is 3. The molecule has 6 rings (SSSR count). The maximum atomic E-state index is 13.2. The lowest BCUT2D eigenvalue weighted by atomic mass is 10.1. The topological polar surface area (TPSA) is 61.4 Å². The molecule has 0 aliphatic carbocycles. The highest BCUT2D eigenvalue weighted by Gasteiger charge is 2.27. The number of para-hydroxylation sites is 2. The van der Waals surface area contributed by atoms with Gasteiger partial charge in [0.2, 0.25) is 0 Å². The number of aromatic nitrogens is 2. The summed E-state index contributed by atoms with van der Waals surface area (Å²) in [4.78, 5) is 26.4. The monoisotopic (exact) mass is 474 g/mol. The van der Waals surface area contributed by atoms with Crippen LogP contribution in [0.1, 0.15) is 21.0 Å². The molecule has 3 aromatic heterocycles. The Morgan fingerprint density at radius 1 is 0.528 bits per heavy atom. The van der Waals surface area contributed by atoms with Gasteiger partial charge in [-0.15, -0.1) is 0 Å². The minimum absolute atomic E-state index is 0.430. The summed E-state index contributed by atoms with van der Waals surface area (Å²) in [5, 5.41) is 0. The zero-order valence-corrected chi connectivity index (χ0v) is 19.8. The van der Waals surface area contributed by atoms with Crippen LogP contribution in [-0.2, 0) is 9.47 Å². The van der Waals surface area contributed by atoms with Crippen LogP contribution in [0.4, 0.5) is 0 Å². The molecule has 0 atom stereocenters. The average Bonchev–Trinajstić information content (AvgIpc) is 3.53. The van der Waals surface area contributed by atoms with Crippen molar-refractivity contribution in [3.63, 3.8) is 0 Å². The number of methoxy groups -OCH3 is 2. The second kappa shape index (κ2) is 8.43. The van der Waals surface area contributed by atoms with Crippen LogP contribution in [-0.4, -0.2) is 35.0 Å². The molecule has 36 heavy (non-hydrogen) atoms. The van der Waals surface area contributed by atoms with Crippen LogP contribution in [0.2, 0.25) is 0 Å². The predicted octanol–water partition coefficient (Wildman–Crippen LogP) is 6.25. The van der Waals surface area contributed by atoms with Crippen LogP contribution in [0.15, 0.2) is 97.1 Å². The van der Waals surface area contributed by atoms with E-state index in [1.807, 2.05) is 106 Å². The summed E-state index contributed by atoms with van der Waals surface area (Å²) >= 11 is 0. The van der Waals surface area contributed by atoms with Gasteiger partial charge in [0.1, 0.15) is 11.4 Å². The number of carbonyl (C=O) groups excluding carboxylic acids is 2. The fraction of sp³-hybridized carbons (Fsp3) is 0.0667. The molecule has 0 unspecified atom stereocenters. The van der Waals surface area contributed by atoms with Gasteiger partial charge in [-0.2, -0.15) is 0 Å². The molecule has 6 aromatic rings. The lowest BCUT2D eigenvalue weighted by Crippen LogP contribution is -2.11. The van der Waals surface area contributed by atoms with E-state index >= 15 is 0 Å². The molecule has 3 heterocycles. The maximum absolute atomic E-state index is 13.2. The molecule has 0 saturated heterocycles. The first-order chi connectivity index (χ1) is 17.6. The van der Waals surface area contributed by atoms with Gasteiger partial charge in [0.25, 0.3) is 0 Å². The summed E-state index contributed by atoms with van der Waals surface area (Å²) < 4.78 is 14.3. The molecule has 176 valence electrons. The van der Waals surface area contributed by atoms with Gasteiger partial charge in [-0.05, 0) is 35.4 Å². The van der Waals surface area contributed by atoms with Crippen molar-refractivity contribution < 1.29 is 19.1 Å². The fourth-order valence-electron chi connectivity index (χ4n) is 5.01. The first kappa shape index (κ1) is 21.7. The van der Waals surface area contributed by atoms with E-state index in [0.717, 1.165) is 44.3 Å². The molecule has 6 nitrogen and oxygen atoms in total. The molecular weight excluding hydrogens is 452 g/mol. The van der Waals surface area contributed by atoms with Gasteiger partial charge < -0.3 is 9.47 Å². The van der Waals surface area contributed by atoms with E-state index in [9.17, 15) is 9.59 Å². The van der Waals surface area contributed by atoms with E-state index in [0.29, 0.717) is 11.4 Å². The number of hydrogen-bond donors (Lipinski definition) is 0. The Morgan fingerprint density at radius 3 is 1.25 bits per heavy atom. The Morgan fingerprint density at radius 2 is 0.889 bits per heavy atom. The predicted molar refractivity (Wildman–Crippen MR) is 139 cm³/mol. The molecule has 6 heteroatoms. The van der Waals surface area contributed by atoms with Gasteiger partial charge in [0, 0.05) is 11.1 Å². The lowest BCUT2D eigenvalue weighted by Gasteiger charge is -2.12. The molecule has 0 spiro atoms. The van der Waals surface area contributed by atoms with E-state index < -0.39 is 11.9 Å². The van der Waals surface area contributed by atoms with Gasteiger partial charge >= 0.3 is 11.9 Å². The number of nitrogens with zero attached hydrogens (tertiary/aromatic N) is 2. The molecule has 0 N–H and O–H groups in total. The highest BCUT2D eigenvalue weighted by molar-refractivity contribution is 6.07. The van der Waals surface area contributed by atoms with Crippen molar-refractivity contribution in [1.29, 1.82) is 0 Å². The second-order valence-corrected chi connectivity index (χ2v) is 8.46. The van der Waals surface area contributed by atoms with Crippen molar-refractivity contribution in [2.75, 3.05) is 14.2 Å². The first-order valence-corrected chi connectivity index (χ1v) is 11.5. The Hall–Kier alpha value is -4.84. The minimum atomic E-state index is -0.439. The molecule has 0 amide bonds. The average molecular weight is 475 g/mol. The molecule has 0 fully saturated rings. The second-order valence-electron chi connectivity index (χ2n) is 8.46. The van der Waals surface area contributed by atoms with E-state index in [4.69, 9.17) is 9.47 Å². The largest absolute Gasteiger partial charge is 0.464 e. The highest BCUT2D eigenvalue weighted by atomic mass is 16.5. The molecule has 0 bridgehead atoms. The summed E-state index contributed by atoms with van der Waals surface area (Å²) in [7, 11) is 2.77. The van der Waals surface area contributed by atoms with Crippen molar-refractivity contribution in [2.45, 2.75) is 0 Å². The smallest absolute Gasteiger partial charge is 0.355 e. The summed E-state index contributed by atoms with van der Waals surface area (Å²) in [5.74, 6) is -0.877. The van der Waals surface area contributed by atoms with E-state index in [1.165, 1.54) is 14.2 Å². The van der Waals surface area contributed by atoms with Gasteiger partial charge in [-0.25, -0.2) is 9.59 Å². The maximum Gasteiger partial charge on any atom is 0.355 e. The lowest BCUT2D eigenvalue weighted by molar-refractivity contribution is 0.0585. The molecular formula is C30H22N2O4. The van der Waals surface area contributed by atoms with Gasteiger partial charge in [-0.3, -0.25) is 8.80 Å². The van der Waals surface area contributed by atoms with Crippen molar-refractivity contribution >= 4 is 34.0 Å². The number of hydrogen-bond acceptors (Lipinski definition) is 4. The van der Waals surface area contributed by atoms with E-state index in [1.54, 1.807) is 0 Å². The van der Waals surface area contributed by atoms with Crippen LogP contribution in [0.5, 0.6) is 0 Å². The number of rotatable bonds is 4.